The Bertz CT molecular complexity index is 920. The average molecular weight is 428 g/mol. The first-order chi connectivity index (χ1) is 12.9. The quantitative estimate of drug-likeness (QED) is 0.794. The molecule has 1 aliphatic rings. The Morgan fingerprint density at radius 3 is 2.37 bits per heavy atom. The summed E-state index contributed by atoms with van der Waals surface area (Å²) in [6.07, 6.45) is 0.645. The summed E-state index contributed by atoms with van der Waals surface area (Å²) in [4.78, 5) is 12.3. The second-order valence-electron chi connectivity index (χ2n) is 6.18. The molecule has 0 aliphatic carbocycles. The number of halogens is 2. The van der Waals surface area contributed by atoms with Crippen molar-refractivity contribution in [1.29, 1.82) is 0 Å². The van der Waals surface area contributed by atoms with E-state index in [1.165, 1.54) is 8.61 Å². The van der Waals surface area contributed by atoms with Crippen molar-refractivity contribution in [2.24, 2.45) is 0 Å². The molecule has 0 aromatic heterocycles. The molecule has 1 heterocycles. The molecule has 1 fully saturated rings. The fourth-order valence-corrected chi connectivity index (χ4v) is 4.79. The Morgan fingerprint density at radius 1 is 1.00 bits per heavy atom. The third kappa shape index (κ3) is 5.00. The molecular formula is C18H19Cl2N3O3S. The van der Waals surface area contributed by atoms with Crippen LogP contribution >= 0.6 is 23.2 Å². The summed E-state index contributed by atoms with van der Waals surface area (Å²) < 4.78 is 28.3. The summed E-state index contributed by atoms with van der Waals surface area (Å²) in [6, 6.07) is 13.8. The van der Waals surface area contributed by atoms with E-state index < -0.39 is 16.1 Å². The first-order valence-electron chi connectivity index (χ1n) is 8.40. The highest BCUT2D eigenvalue weighted by atomic mass is 35.5. The summed E-state index contributed by atoms with van der Waals surface area (Å²) in [5, 5.41) is 3.65. The number of hydrogen-bond donors (Lipinski definition) is 1. The topological polar surface area (TPSA) is 69.7 Å². The number of para-hydroxylation sites is 1. The number of hydrogen-bond acceptors (Lipinski definition) is 3. The minimum Gasteiger partial charge on any atom is -0.324 e. The summed E-state index contributed by atoms with van der Waals surface area (Å²) in [5.74, 6) is -0.431. The lowest BCUT2D eigenvalue weighted by Gasteiger charge is -2.34. The van der Waals surface area contributed by atoms with Crippen molar-refractivity contribution in [2.45, 2.75) is 13.0 Å². The Kier molecular flexibility index (Phi) is 6.39. The van der Waals surface area contributed by atoms with Gasteiger partial charge in [-0.2, -0.15) is 17.0 Å². The molecule has 0 spiro atoms. The molecule has 1 N–H and O–H groups in total. The second-order valence-corrected chi connectivity index (χ2v) is 8.96. The van der Waals surface area contributed by atoms with Crippen LogP contribution in [0.1, 0.15) is 12.0 Å². The molecular weight excluding hydrogens is 409 g/mol. The van der Waals surface area contributed by atoms with Crippen LogP contribution < -0.4 is 5.32 Å². The Hall–Kier alpha value is -1.64. The molecule has 3 rings (SSSR count). The van der Waals surface area contributed by atoms with E-state index in [9.17, 15) is 13.2 Å². The molecule has 0 bridgehead atoms. The van der Waals surface area contributed by atoms with Crippen LogP contribution in [-0.2, 0) is 21.5 Å². The lowest BCUT2D eigenvalue weighted by atomic mass is 10.2. The van der Waals surface area contributed by atoms with Crippen LogP contribution in [0.25, 0.3) is 0 Å². The predicted octanol–water partition coefficient (Wildman–Crippen LogP) is 3.38. The van der Waals surface area contributed by atoms with Crippen LogP contribution in [0.15, 0.2) is 48.5 Å². The molecule has 2 aromatic carbocycles. The van der Waals surface area contributed by atoms with E-state index in [2.05, 4.69) is 5.32 Å². The lowest BCUT2D eigenvalue weighted by molar-refractivity contribution is -0.116. The molecule has 1 amide bonds. The van der Waals surface area contributed by atoms with E-state index in [1.54, 1.807) is 48.5 Å². The average Bonchev–Trinajstić information content (AvgIpc) is 2.62. The Balaban J connectivity index is 1.67. The number of benzene rings is 2. The van der Waals surface area contributed by atoms with Gasteiger partial charge in [0, 0.05) is 24.7 Å². The van der Waals surface area contributed by atoms with Crippen LogP contribution in [0.4, 0.5) is 5.69 Å². The zero-order valence-corrected chi connectivity index (χ0v) is 16.8. The maximum atomic E-state index is 12.9. The molecule has 0 radical (unpaired) electrons. The van der Waals surface area contributed by atoms with Gasteiger partial charge in [-0.1, -0.05) is 47.5 Å². The maximum absolute atomic E-state index is 12.9. The van der Waals surface area contributed by atoms with Crippen LogP contribution in [0.3, 0.4) is 0 Å². The first kappa shape index (κ1) is 20.1. The summed E-state index contributed by atoms with van der Waals surface area (Å²) >= 11 is 11.9. The van der Waals surface area contributed by atoms with Gasteiger partial charge in [0.1, 0.15) is 0 Å². The van der Waals surface area contributed by atoms with Gasteiger partial charge in [0.05, 0.1) is 17.3 Å². The summed E-state index contributed by atoms with van der Waals surface area (Å²) in [7, 11) is -3.73. The van der Waals surface area contributed by atoms with Gasteiger partial charge in [0.2, 0.25) is 5.91 Å². The number of anilines is 1. The third-order valence-corrected chi connectivity index (χ3v) is 6.72. The number of carbonyl (C=O) groups is 1. The lowest BCUT2D eigenvalue weighted by Crippen LogP contribution is -2.51. The minimum atomic E-state index is -3.73. The number of amides is 1. The van der Waals surface area contributed by atoms with Crippen molar-refractivity contribution in [2.75, 3.05) is 25.0 Å². The number of carbonyl (C=O) groups excluding carboxylic acids is 1. The van der Waals surface area contributed by atoms with Crippen molar-refractivity contribution >= 4 is 45.0 Å². The highest BCUT2D eigenvalue weighted by Gasteiger charge is 2.34. The van der Waals surface area contributed by atoms with Gasteiger partial charge < -0.3 is 5.32 Å². The molecule has 0 atom stereocenters. The molecule has 144 valence electrons. The van der Waals surface area contributed by atoms with Gasteiger partial charge in [-0.25, -0.2) is 0 Å². The van der Waals surface area contributed by atoms with Gasteiger partial charge in [0.25, 0.3) is 10.2 Å². The smallest absolute Gasteiger partial charge is 0.282 e. The number of nitrogens with one attached hydrogen (secondary N) is 1. The van der Waals surface area contributed by atoms with Crippen molar-refractivity contribution in [1.82, 2.24) is 8.61 Å². The molecule has 0 unspecified atom stereocenters. The molecule has 0 saturated carbocycles. The van der Waals surface area contributed by atoms with Crippen molar-refractivity contribution in [3.05, 3.63) is 64.1 Å². The van der Waals surface area contributed by atoms with Crippen molar-refractivity contribution in [3.8, 4) is 0 Å². The fourth-order valence-electron chi connectivity index (χ4n) is 2.84. The summed E-state index contributed by atoms with van der Waals surface area (Å²) in [5.41, 5.74) is 1.29. The van der Waals surface area contributed by atoms with Gasteiger partial charge in [-0.3, -0.25) is 4.79 Å². The second kappa shape index (κ2) is 8.58. The van der Waals surface area contributed by atoms with Gasteiger partial charge in [-0.05, 0) is 36.2 Å². The van der Waals surface area contributed by atoms with Crippen molar-refractivity contribution in [3.63, 3.8) is 0 Å². The first-order valence-corrected chi connectivity index (χ1v) is 10.6. The largest absolute Gasteiger partial charge is 0.324 e. The highest BCUT2D eigenvalue weighted by Crippen LogP contribution is 2.22. The molecule has 9 heteroatoms. The van der Waals surface area contributed by atoms with E-state index in [0.29, 0.717) is 35.2 Å². The summed E-state index contributed by atoms with van der Waals surface area (Å²) in [6.45, 7) is 0.690. The predicted molar refractivity (Wildman–Crippen MR) is 107 cm³/mol. The van der Waals surface area contributed by atoms with Crippen molar-refractivity contribution < 1.29 is 13.2 Å². The number of rotatable bonds is 5. The fraction of sp³-hybridized carbons (Fsp3) is 0.278. The van der Waals surface area contributed by atoms with Gasteiger partial charge in [0.15, 0.2) is 0 Å². The molecule has 6 nitrogen and oxygen atoms in total. The minimum absolute atomic E-state index is 0.238. The van der Waals surface area contributed by atoms with Crippen LogP contribution in [0.2, 0.25) is 10.0 Å². The van der Waals surface area contributed by atoms with E-state index in [4.69, 9.17) is 23.2 Å². The van der Waals surface area contributed by atoms with Gasteiger partial charge in [-0.15, -0.1) is 0 Å². The molecule has 27 heavy (non-hydrogen) atoms. The van der Waals surface area contributed by atoms with E-state index in [-0.39, 0.29) is 13.1 Å². The number of nitrogens with zero attached hydrogens (tertiary/aromatic N) is 2. The van der Waals surface area contributed by atoms with Crippen LogP contribution in [0.5, 0.6) is 0 Å². The molecule has 1 saturated heterocycles. The molecule has 2 aromatic rings. The highest BCUT2D eigenvalue weighted by molar-refractivity contribution is 7.86. The Morgan fingerprint density at radius 2 is 1.67 bits per heavy atom. The Labute approximate surface area is 168 Å². The van der Waals surface area contributed by atoms with E-state index in [0.717, 1.165) is 5.56 Å². The zero-order chi connectivity index (χ0) is 19.4. The third-order valence-electron chi connectivity index (χ3n) is 4.21. The monoisotopic (exact) mass is 427 g/mol. The molecule has 1 aliphatic heterocycles. The van der Waals surface area contributed by atoms with Crippen LogP contribution in [0, 0.1) is 0 Å². The van der Waals surface area contributed by atoms with Crippen LogP contribution in [-0.4, -0.2) is 42.6 Å². The normalized spacial score (nSPS) is 17.6. The van der Waals surface area contributed by atoms with E-state index in [1.807, 2.05) is 0 Å². The standard InChI is InChI=1S/C18H19Cl2N3O3S/c19-15-8-6-14(7-9-15)12-22-10-3-11-23(27(22,25)26)13-18(24)21-17-5-2-1-4-16(17)20/h1-2,4-9H,3,10-13H2,(H,21,24). The SMILES string of the molecule is O=C(CN1CCCN(Cc2ccc(Cl)cc2)S1(=O)=O)Nc1ccccc1Cl. The van der Waals surface area contributed by atoms with E-state index >= 15 is 0 Å². The maximum Gasteiger partial charge on any atom is 0.282 e. The zero-order valence-electron chi connectivity index (χ0n) is 14.4. The van der Waals surface area contributed by atoms with Gasteiger partial charge >= 0.3 is 0 Å².